The average molecular weight is 238 g/mol. The van der Waals surface area contributed by atoms with E-state index >= 15 is 0 Å². The van der Waals surface area contributed by atoms with Crippen LogP contribution in [0.15, 0.2) is 29.2 Å². The Balaban J connectivity index is 3.08. The molecule has 0 aromatic heterocycles. The Bertz CT molecular complexity index is 561. The van der Waals surface area contributed by atoms with Gasteiger partial charge in [-0.15, -0.1) is 0 Å². The van der Waals surface area contributed by atoms with Gasteiger partial charge in [0.25, 0.3) is 0 Å². The monoisotopic (exact) mass is 238 g/mol. The van der Waals surface area contributed by atoms with Gasteiger partial charge in [0, 0.05) is 17.7 Å². The number of carbonyl (C=O) groups excluding carboxylic acids is 1. The van der Waals surface area contributed by atoms with Crippen molar-refractivity contribution in [2.75, 3.05) is 13.4 Å². The molecule has 0 fully saturated rings. The quantitative estimate of drug-likeness (QED) is 0.531. The van der Waals surface area contributed by atoms with Crippen LogP contribution in [0.25, 0.3) is 0 Å². The summed E-state index contributed by atoms with van der Waals surface area (Å²) in [7, 11) is -2.03. The summed E-state index contributed by atoms with van der Waals surface area (Å²) in [6.07, 6.45) is 1.11. The van der Waals surface area contributed by atoms with E-state index in [0.29, 0.717) is 5.56 Å². The first-order valence-electron chi connectivity index (χ1n) is 4.33. The topological polar surface area (TPSA) is 60.4 Å². The van der Waals surface area contributed by atoms with Gasteiger partial charge in [-0.1, -0.05) is 12.0 Å². The number of esters is 1. The molecule has 5 heteroatoms. The number of ether oxygens (including phenoxy) is 1. The Morgan fingerprint density at radius 1 is 1.38 bits per heavy atom. The van der Waals surface area contributed by atoms with E-state index in [1.165, 1.54) is 19.2 Å². The molecule has 84 valence electrons. The number of hydrogen-bond acceptors (Lipinski definition) is 4. The van der Waals surface area contributed by atoms with E-state index in [0.717, 1.165) is 6.26 Å². The summed E-state index contributed by atoms with van der Waals surface area (Å²) in [6.45, 7) is 0. The maximum Gasteiger partial charge on any atom is 0.384 e. The zero-order valence-corrected chi connectivity index (χ0v) is 9.67. The van der Waals surface area contributed by atoms with Crippen LogP contribution in [0, 0.1) is 11.8 Å². The van der Waals surface area contributed by atoms with E-state index in [-0.39, 0.29) is 4.90 Å². The van der Waals surface area contributed by atoms with Gasteiger partial charge in [-0.05, 0) is 18.2 Å². The fourth-order valence-electron chi connectivity index (χ4n) is 0.979. The van der Waals surface area contributed by atoms with Crippen LogP contribution in [0.2, 0.25) is 0 Å². The fraction of sp³-hybridized carbons (Fsp3) is 0.182. The number of carbonyl (C=O) groups is 1. The van der Waals surface area contributed by atoms with E-state index < -0.39 is 15.8 Å². The first kappa shape index (κ1) is 12.3. The summed E-state index contributed by atoms with van der Waals surface area (Å²) >= 11 is 0. The van der Waals surface area contributed by atoms with Gasteiger partial charge in [0.15, 0.2) is 9.84 Å². The molecule has 4 nitrogen and oxygen atoms in total. The van der Waals surface area contributed by atoms with Crippen molar-refractivity contribution >= 4 is 15.8 Å². The highest BCUT2D eigenvalue weighted by atomic mass is 32.2. The van der Waals surface area contributed by atoms with Crippen molar-refractivity contribution in [1.29, 1.82) is 0 Å². The highest BCUT2D eigenvalue weighted by Gasteiger charge is 2.06. The SMILES string of the molecule is COC(=O)C#Cc1cccc(S(C)(=O)=O)c1. The molecule has 0 heterocycles. The lowest BCUT2D eigenvalue weighted by molar-refractivity contribution is -0.133. The minimum Gasteiger partial charge on any atom is -0.459 e. The molecule has 0 spiro atoms. The standard InChI is InChI=1S/C11H10O4S/c1-15-11(12)7-6-9-4-3-5-10(8-9)16(2,13)14/h3-5,8H,1-2H3. The third kappa shape index (κ3) is 3.41. The second-order valence-electron chi connectivity index (χ2n) is 3.04. The summed E-state index contributed by atoms with van der Waals surface area (Å²) in [5.41, 5.74) is 0.452. The Kier molecular flexibility index (Phi) is 3.69. The molecular formula is C11H10O4S. The van der Waals surface area contributed by atoms with Crippen LogP contribution in [-0.2, 0) is 19.4 Å². The summed E-state index contributed by atoms with van der Waals surface area (Å²) in [6, 6.07) is 6.06. The normalized spacial score (nSPS) is 10.1. The molecule has 0 saturated carbocycles. The van der Waals surface area contributed by atoms with Crippen molar-refractivity contribution in [3.05, 3.63) is 29.8 Å². The first-order valence-corrected chi connectivity index (χ1v) is 6.22. The summed E-state index contributed by atoms with van der Waals surface area (Å²) in [5, 5.41) is 0. The van der Waals surface area contributed by atoms with E-state index in [9.17, 15) is 13.2 Å². The number of sulfone groups is 1. The summed E-state index contributed by atoms with van der Waals surface area (Å²) in [4.78, 5) is 10.9. The van der Waals surface area contributed by atoms with Crippen LogP contribution in [0.4, 0.5) is 0 Å². The van der Waals surface area contributed by atoms with Crippen molar-refractivity contribution in [3.63, 3.8) is 0 Å². The van der Waals surface area contributed by atoms with Crippen molar-refractivity contribution in [1.82, 2.24) is 0 Å². The molecule has 0 radical (unpaired) electrons. The third-order valence-corrected chi connectivity index (χ3v) is 2.87. The number of hydrogen-bond donors (Lipinski definition) is 0. The lowest BCUT2D eigenvalue weighted by Crippen LogP contribution is -1.97. The fourth-order valence-corrected chi connectivity index (χ4v) is 1.65. The van der Waals surface area contributed by atoms with Crippen LogP contribution in [0.3, 0.4) is 0 Å². The van der Waals surface area contributed by atoms with Crippen molar-refractivity contribution in [3.8, 4) is 11.8 Å². The van der Waals surface area contributed by atoms with Gasteiger partial charge in [0.2, 0.25) is 0 Å². The van der Waals surface area contributed by atoms with Crippen molar-refractivity contribution in [2.45, 2.75) is 4.90 Å². The number of methoxy groups -OCH3 is 1. The molecule has 1 rings (SSSR count). The Hall–Kier alpha value is -1.80. The minimum absolute atomic E-state index is 0.171. The Morgan fingerprint density at radius 2 is 2.06 bits per heavy atom. The minimum atomic E-state index is -3.25. The second-order valence-corrected chi connectivity index (χ2v) is 5.06. The van der Waals surface area contributed by atoms with Gasteiger partial charge >= 0.3 is 5.97 Å². The molecule has 0 aliphatic rings. The molecule has 0 bridgehead atoms. The Morgan fingerprint density at radius 3 is 2.62 bits per heavy atom. The lowest BCUT2D eigenvalue weighted by atomic mass is 10.2. The summed E-state index contributed by atoms with van der Waals surface area (Å²) < 4.78 is 26.8. The molecule has 1 aromatic rings. The maximum absolute atomic E-state index is 11.2. The number of benzene rings is 1. The maximum atomic E-state index is 11.2. The molecule has 0 atom stereocenters. The van der Waals surface area contributed by atoms with E-state index in [1.807, 2.05) is 0 Å². The van der Waals surface area contributed by atoms with Gasteiger partial charge in [-0.2, -0.15) is 0 Å². The molecule has 0 saturated heterocycles. The predicted octanol–water partition coefficient (Wildman–Crippen LogP) is 0.615. The zero-order valence-electron chi connectivity index (χ0n) is 8.85. The first-order chi connectivity index (χ1) is 7.43. The van der Waals surface area contributed by atoms with E-state index in [1.54, 1.807) is 12.1 Å². The van der Waals surface area contributed by atoms with Gasteiger partial charge < -0.3 is 4.74 Å². The molecule has 0 aliphatic carbocycles. The van der Waals surface area contributed by atoms with Crippen molar-refractivity contribution in [2.24, 2.45) is 0 Å². The molecule has 0 aliphatic heterocycles. The molecule has 0 unspecified atom stereocenters. The molecular weight excluding hydrogens is 228 g/mol. The van der Waals surface area contributed by atoms with Crippen LogP contribution in [0.1, 0.15) is 5.56 Å². The van der Waals surface area contributed by atoms with Gasteiger partial charge in [0.1, 0.15) is 0 Å². The lowest BCUT2D eigenvalue weighted by Gasteiger charge is -1.97. The van der Waals surface area contributed by atoms with E-state index in [2.05, 4.69) is 16.6 Å². The largest absolute Gasteiger partial charge is 0.459 e. The third-order valence-electron chi connectivity index (χ3n) is 1.76. The smallest absolute Gasteiger partial charge is 0.384 e. The molecule has 0 amide bonds. The molecule has 1 aromatic carbocycles. The molecule has 0 N–H and O–H groups in total. The van der Waals surface area contributed by atoms with Crippen LogP contribution < -0.4 is 0 Å². The summed E-state index contributed by atoms with van der Waals surface area (Å²) in [5.74, 6) is 4.08. The van der Waals surface area contributed by atoms with Crippen molar-refractivity contribution < 1.29 is 17.9 Å². The van der Waals surface area contributed by atoms with Crippen LogP contribution in [0.5, 0.6) is 0 Å². The highest BCUT2D eigenvalue weighted by Crippen LogP contribution is 2.10. The van der Waals surface area contributed by atoms with Crippen LogP contribution in [-0.4, -0.2) is 27.8 Å². The van der Waals surface area contributed by atoms with Gasteiger partial charge in [-0.25, -0.2) is 13.2 Å². The van der Waals surface area contributed by atoms with Gasteiger partial charge in [0.05, 0.1) is 12.0 Å². The van der Waals surface area contributed by atoms with Crippen LogP contribution >= 0.6 is 0 Å². The van der Waals surface area contributed by atoms with Gasteiger partial charge in [-0.3, -0.25) is 0 Å². The predicted molar refractivity (Wildman–Crippen MR) is 58.4 cm³/mol. The Labute approximate surface area is 94.2 Å². The molecule has 16 heavy (non-hydrogen) atoms. The number of rotatable bonds is 1. The second kappa shape index (κ2) is 4.81. The highest BCUT2D eigenvalue weighted by molar-refractivity contribution is 7.90. The van der Waals surface area contributed by atoms with E-state index in [4.69, 9.17) is 0 Å². The average Bonchev–Trinajstić information content (AvgIpc) is 2.25. The zero-order chi connectivity index (χ0) is 12.2.